The Hall–Kier alpha value is -0.870. The molecule has 1 aromatic heterocycles. The Morgan fingerprint density at radius 2 is 2.44 bits per heavy atom. The molecule has 1 aliphatic carbocycles. The molecule has 4 nitrogen and oxygen atoms in total. The predicted octanol–water partition coefficient (Wildman–Crippen LogP) is 1.62. The number of imidazole rings is 1. The van der Waals surface area contributed by atoms with Crippen molar-refractivity contribution in [3.8, 4) is 0 Å². The summed E-state index contributed by atoms with van der Waals surface area (Å²) >= 11 is 0. The first kappa shape index (κ1) is 11.6. The van der Waals surface area contributed by atoms with E-state index < -0.39 is 0 Å². The fraction of sp³-hybridized carbons (Fsp3) is 0.750. The van der Waals surface area contributed by atoms with E-state index in [2.05, 4.69) is 15.3 Å². The summed E-state index contributed by atoms with van der Waals surface area (Å²) in [7, 11) is 0. The molecule has 0 spiro atoms. The first-order valence-electron chi connectivity index (χ1n) is 6.13. The molecule has 1 saturated carbocycles. The van der Waals surface area contributed by atoms with E-state index in [1.54, 1.807) is 6.33 Å². The van der Waals surface area contributed by atoms with Gasteiger partial charge in [-0.05, 0) is 38.6 Å². The van der Waals surface area contributed by atoms with E-state index in [1.165, 1.54) is 12.8 Å². The molecule has 1 aromatic rings. The number of aryl methyl sites for hydroxylation is 1. The second-order valence-corrected chi connectivity index (χ2v) is 4.52. The number of nitrogens with one attached hydrogen (secondary N) is 2. The normalized spacial score (nSPS) is 15.6. The van der Waals surface area contributed by atoms with Crippen LogP contribution < -0.4 is 5.32 Å². The lowest BCUT2D eigenvalue weighted by atomic mass is 10.3. The smallest absolute Gasteiger partial charge is 0.0925 e. The maximum Gasteiger partial charge on any atom is 0.0925 e. The van der Waals surface area contributed by atoms with E-state index in [0.717, 1.165) is 50.0 Å². The summed E-state index contributed by atoms with van der Waals surface area (Å²) in [6.07, 6.45) is 5.56. The van der Waals surface area contributed by atoms with Crippen molar-refractivity contribution in [1.82, 2.24) is 15.3 Å². The van der Waals surface area contributed by atoms with Gasteiger partial charge in [-0.15, -0.1) is 0 Å². The quantitative estimate of drug-likeness (QED) is 0.658. The molecule has 1 aliphatic rings. The molecule has 0 bridgehead atoms. The second-order valence-electron chi connectivity index (χ2n) is 4.52. The van der Waals surface area contributed by atoms with Crippen LogP contribution in [0, 0.1) is 12.8 Å². The highest BCUT2D eigenvalue weighted by molar-refractivity contribution is 5.07. The minimum atomic E-state index is 0.845. The third kappa shape index (κ3) is 3.94. The summed E-state index contributed by atoms with van der Waals surface area (Å²) in [6, 6.07) is 0. The van der Waals surface area contributed by atoms with Crippen LogP contribution in [0.4, 0.5) is 0 Å². The maximum atomic E-state index is 5.56. The minimum Gasteiger partial charge on any atom is -0.381 e. The highest BCUT2D eigenvalue weighted by atomic mass is 16.5. The minimum absolute atomic E-state index is 0.845. The zero-order valence-electron chi connectivity index (χ0n) is 9.96. The van der Waals surface area contributed by atoms with Crippen molar-refractivity contribution in [2.45, 2.75) is 32.7 Å². The first-order chi connectivity index (χ1) is 7.86. The molecule has 1 fully saturated rings. The van der Waals surface area contributed by atoms with Crippen molar-refractivity contribution in [2.75, 3.05) is 19.8 Å². The first-order valence-corrected chi connectivity index (χ1v) is 6.13. The Kier molecular flexibility index (Phi) is 4.36. The Morgan fingerprint density at radius 3 is 3.12 bits per heavy atom. The Balaban J connectivity index is 1.44. The van der Waals surface area contributed by atoms with Crippen LogP contribution in [-0.2, 0) is 11.3 Å². The maximum absolute atomic E-state index is 5.56. The fourth-order valence-corrected chi connectivity index (χ4v) is 1.61. The summed E-state index contributed by atoms with van der Waals surface area (Å²) in [6.45, 7) is 5.74. The third-order valence-electron chi connectivity index (χ3n) is 2.92. The lowest BCUT2D eigenvalue weighted by Gasteiger charge is -2.04. The molecule has 0 aromatic carbocycles. The highest BCUT2D eigenvalue weighted by Gasteiger charge is 2.20. The van der Waals surface area contributed by atoms with E-state index in [1.807, 2.05) is 6.92 Å². The molecular weight excluding hydrogens is 202 g/mol. The van der Waals surface area contributed by atoms with Crippen molar-refractivity contribution < 1.29 is 4.74 Å². The summed E-state index contributed by atoms with van der Waals surface area (Å²) in [5, 5.41) is 3.37. The van der Waals surface area contributed by atoms with Gasteiger partial charge in [0.25, 0.3) is 0 Å². The van der Waals surface area contributed by atoms with Gasteiger partial charge in [0.1, 0.15) is 0 Å². The summed E-state index contributed by atoms with van der Waals surface area (Å²) in [4.78, 5) is 7.31. The van der Waals surface area contributed by atoms with Gasteiger partial charge in [0, 0.05) is 25.5 Å². The van der Waals surface area contributed by atoms with Gasteiger partial charge in [-0.2, -0.15) is 0 Å². The molecular formula is C12H21N3O. The molecule has 4 heteroatoms. The summed E-state index contributed by atoms with van der Waals surface area (Å²) in [5.41, 5.74) is 2.26. The van der Waals surface area contributed by atoms with Crippen LogP contribution in [0.5, 0.6) is 0 Å². The van der Waals surface area contributed by atoms with Crippen LogP contribution in [0.2, 0.25) is 0 Å². The largest absolute Gasteiger partial charge is 0.381 e. The van der Waals surface area contributed by atoms with Gasteiger partial charge in [-0.1, -0.05) is 0 Å². The van der Waals surface area contributed by atoms with E-state index in [0.29, 0.717) is 0 Å². The lowest BCUT2D eigenvalue weighted by Crippen LogP contribution is -2.17. The van der Waals surface area contributed by atoms with Crippen LogP contribution in [0.1, 0.15) is 30.7 Å². The Bertz CT molecular complexity index is 307. The standard InChI is InChI=1S/C12H21N3O/c1-10-12(15-9-14-10)7-13-5-2-6-16-8-11-3-4-11/h9,11,13H,2-8H2,1H3,(H,14,15). The number of hydrogen-bond acceptors (Lipinski definition) is 3. The molecule has 0 saturated heterocycles. The number of ether oxygens (including phenoxy) is 1. The SMILES string of the molecule is Cc1[nH]cnc1CNCCCOCC1CC1. The zero-order chi connectivity index (χ0) is 11.2. The zero-order valence-corrected chi connectivity index (χ0v) is 9.96. The lowest BCUT2D eigenvalue weighted by molar-refractivity contribution is 0.122. The summed E-state index contributed by atoms with van der Waals surface area (Å²) < 4.78 is 5.56. The monoisotopic (exact) mass is 223 g/mol. The number of aromatic nitrogens is 2. The van der Waals surface area contributed by atoms with E-state index in [9.17, 15) is 0 Å². The molecule has 0 aliphatic heterocycles. The van der Waals surface area contributed by atoms with Gasteiger partial charge in [0.2, 0.25) is 0 Å². The Morgan fingerprint density at radius 1 is 1.56 bits per heavy atom. The van der Waals surface area contributed by atoms with Gasteiger partial charge >= 0.3 is 0 Å². The third-order valence-corrected chi connectivity index (χ3v) is 2.92. The van der Waals surface area contributed by atoms with Crippen molar-refractivity contribution in [2.24, 2.45) is 5.92 Å². The van der Waals surface area contributed by atoms with Gasteiger partial charge in [0.15, 0.2) is 0 Å². The number of H-pyrrole nitrogens is 1. The van der Waals surface area contributed by atoms with Crippen LogP contribution in [0.25, 0.3) is 0 Å². The fourth-order valence-electron chi connectivity index (χ4n) is 1.61. The predicted molar refractivity (Wildman–Crippen MR) is 63.2 cm³/mol. The van der Waals surface area contributed by atoms with Crippen molar-refractivity contribution in [3.63, 3.8) is 0 Å². The molecule has 0 amide bonds. The van der Waals surface area contributed by atoms with Gasteiger partial charge in [-0.3, -0.25) is 0 Å². The molecule has 90 valence electrons. The number of rotatable bonds is 8. The van der Waals surface area contributed by atoms with Gasteiger partial charge in [0.05, 0.1) is 12.0 Å². The molecule has 1 heterocycles. The van der Waals surface area contributed by atoms with Gasteiger partial charge < -0.3 is 15.0 Å². The van der Waals surface area contributed by atoms with Crippen molar-refractivity contribution in [3.05, 3.63) is 17.7 Å². The Labute approximate surface area is 96.8 Å². The van der Waals surface area contributed by atoms with E-state index in [4.69, 9.17) is 4.74 Å². The second kappa shape index (κ2) is 6.01. The molecule has 2 N–H and O–H groups in total. The van der Waals surface area contributed by atoms with Crippen LogP contribution in [0.3, 0.4) is 0 Å². The molecule has 16 heavy (non-hydrogen) atoms. The number of aromatic amines is 1. The van der Waals surface area contributed by atoms with Crippen LogP contribution in [0.15, 0.2) is 6.33 Å². The van der Waals surface area contributed by atoms with Crippen molar-refractivity contribution >= 4 is 0 Å². The van der Waals surface area contributed by atoms with Gasteiger partial charge in [-0.25, -0.2) is 4.98 Å². The molecule has 0 atom stereocenters. The molecule has 2 rings (SSSR count). The van der Waals surface area contributed by atoms with E-state index in [-0.39, 0.29) is 0 Å². The van der Waals surface area contributed by atoms with Crippen LogP contribution >= 0.6 is 0 Å². The average molecular weight is 223 g/mol. The molecule has 0 unspecified atom stereocenters. The van der Waals surface area contributed by atoms with Crippen LogP contribution in [-0.4, -0.2) is 29.7 Å². The molecule has 0 radical (unpaired) electrons. The van der Waals surface area contributed by atoms with E-state index >= 15 is 0 Å². The van der Waals surface area contributed by atoms with Crippen molar-refractivity contribution in [1.29, 1.82) is 0 Å². The summed E-state index contributed by atoms with van der Waals surface area (Å²) in [5.74, 6) is 0.875. The average Bonchev–Trinajstić information content (AvgIpc) is 3.01. The highest BCUT2D eigenvalue weighted by Crippen LogP contribution is 2.28. The topological polar surface area (TPSA) is 49.9 Å². The number of nitrogens with zero attached hydrogens (tertiary/aromatic N) is 1. The number of hydrogen-bond donors (Lipinski definition) is 2.